The molecule has 1 aromatic rings. The summed E-state index contributed by atoms with van der Waals surface area (Å²) in [5, 5.41) is 11.3. The molecule has 0 amide bonds. The van der Waals surface area contributed by atoms with Gasteiger partial charge in [-0.3, -0.25) is 4.98 Å². The van der Waals surface area contributed by atoms with E-state index in [1.807, 2.05) is 12.1 Å². The van der Waals surface area contributed by atoms with Crippen LogP contribution in [0.2, 0.25) is 0 Å². The molecule has 18 heavy (non-hydrogen) atoms. The van der Waals surface area contributed by atoms with Gasteiger partial charge < -0.3 is 10.0 Å². The molecule has 3 nitrogen and oxygen atoms in total. The SMILES string of the molecule is CN1CC2CCCC(C1)C2(O)c1cc(Br)ccn1. The smallest absolute Gasteiger partial charge is 0.115 e. The van der Waals surface area contributed by atoms with Crippen LogP contribution in [0.25, 0.3) is 0 Å². The molecule has 0 aromatic carbocycles. The van der Waals surface area contributed by atoms with Gasteiger partial charge in [-0.15, -0.1) is 0 Å². The Hall–Kier alpha value is -0.450. The summed E-state index contributed by atoms with van der Waals surface area (Å²) in [6.07, 6.45) is 5.22. The molecule has 2 unspecified atom stereocenters. The van der Waals surface area contributed by atoms with Gasteiger partial charge in [-0.25, -0.2) is 0 Å². The van der Waals surface area contributed by atoms with Gasteiger partial charge in [0.1, 0.15) is 5.60 Å². The fourth-order valence-corrected chi connectivity index (χ4v) is 4.05. The predicted octanol–water partition coefficient (Wildman–Crippen LogP) is 2.39. The normalized spacial score (nSPS) is 36.6. The zero-order valence-electron chi connectivity index (χ0n) is 10.6. The highest BCUT2D eigenvalue weighted by molar-refractivity contribution is 9.10. The van der Waals surface area contributed by atoms with Crippen LogP contribution in [0.3, 0.4) is 0 Å². The Bertz CT molecular complexity index is 437. The lowest BCUT2D eigenvalue weighted by Gasteiger charge is -2.52. The van der Waals surface area contributed by atoms with Gasteiger partial charge in [0.05, 0.1) is 5.69 Å². The standard InChI is InChI=1S/C14H19BrN2O/c1-17-8-10-3-2-4-11(9-17)14(10,18)13-7-12(15)5-6-16-13/h5-7,10-11,18H,2-4,8-9H2,1H3. The van der Waals surface area contributed by atoms with Gasteiger partial charge in [0.15, 0.2) is 0 Å². The second-order valence-corrected chi connectivity index (χ2v) is 6.65. The molecule has 1 saturated heterocycles. The van der Waals surface area contributed by atoms with Crippen molar-refractivity contribution in [2.45, 2.75) is 24.9 Å². The van der Waals surface area contributed by atoms with Gasteiger partial charge in [-0.1, -0.05) is 22.4 Å². The molecule has 0 spiro atoms. The lowest BCUT2D eigenvalue weighted by molar-refractivity contribution is -0.145. The van der Waals surface area contributed by atoms with Crippen LogP contribution in [-0.2, 0) is 5.60 Å². The van der Waals surface area contributed by atoms with E-state index in [-0.39, 0.29) is 0 Å². The second-order valence-electron chi connectivity index (χ2n) is 5.73. The van der Waals surface area contributed by atoms with E-state index in [4.69, 9.17) is 0 Å². The Morgan fingerprint density at radius 2 is 2.06 bits per heavy atom. The highest BCUT2D eigenvalue weighted by Crippen LogP contribution is 2.48. The number of aliphatic hydroxyl groups is 1. The number of pyridine rings is 1. The van der Waals surface area contributed by atoms with Crippen molar-refractivity contribution in [3.05, 3.63) is 28.5 Å². The Morgan fingerprint density at radius 3 is 2.67 bits per heavy atom. The summed E-state index contributed by atoms with van der Waals surface area (Å²) in [5.74, 6) is 0.633. The number of piperidine rings is 1. The van der Waals surface area contributed by atoms with E-state index >= 15 is 0 Å². The topological polar surface area (TPSA) is 36.4 Å². The van der Waals surface area contributed by atoms with Crippen LogP contribution in [0.5, 0.6) is 0 Å². The molecule has 98 valence electrons. The summed E-state index contributed by atoms with van der Waals surface area (Å²) in [4.78, 5) is 6.79. The molecule has 3 rings (SSSR count). The molecule has 2 aliphatic rings. The van der Waals surface area contributed by atoms with Gasteiger partial charge in [-0.2, -0.15) is 0 Å². The molecular weight excluding hydrogens is 292 g/mol. The largest absolute Gasteiger partial charge is 0.383 e. The number of likely N-dealkylation sites (tertiary alicyclic amines) is 1. The lowest BCUT2D eigenvalue weighted by atomic mass is 9.64. The monoisotopic (exact) mass is 310 g/mol. The average Bonchev–Trinajstić information content (AvgIpc) is 2.31. The van der Waals surface area contributed by atoms with E-state index in [9.17, 15) is 5.11 Å². The molecular formula is C14H19BrN2O. The summed E-state index contributed by atoms with van der Waals surface area (Å²) < 4.78 is 0.998. The molecule has 1 aliphatic carbocycles. The number of aromatic nitrogens is 1. The molecule has 2 fully saturated rings. The molecule has 4 heteroatoms. The fourth-order valence-electron chi connectivity index (χ4n) is 3.71. The highest BCUT2D eigenvalue weighted by atomic mass is 79.9. The van der Waals surface area contributed by atoms with E-state index in [2.05, 4.69) is 32.9 Å². The number of fused-ring (bicyclic) bond motifs is 2. The highest BCUT2D eigenvalue weighted by Gasteiger charge is 2.51. The molecule has 1 N–H and O–H groups in total. The minimum atomic E-state index is -0.728. The lowest BCUT2D eigenvalue weighted by Crippen LogP contribution is -2.57. The first-order valence-electron chi connectivity index (χ1n) is 6.63. The second kappa shape index (κ2) is 4.58. The third kappa shape index (κ3) is 1.91. The number of nitrogens with zero attached hydrogens (tertiary/aromatic N) is 2. The molecule has 1 aliphatic heterocycles. The van der Waals surface area contributed by atoms with Gasteiger partial charge in [0.25, 0.3) is 0 Å². The van der Waals surface area contributed by atoms with Gasteiger partial charge >= 0.3 is 0 Å². The summed E-state index contributed by atoms with van der Waals surface area (Å²) in [7, 11) is 2.15. The Kier molecular flexibility index (Phi) is 3.20. The zero-order chi connectivity index (χ0) is 12.8. The first kappa shape index (κ1) is 12.6. The first-order valence-corrected chi connectivity index (χ1v) is 7.43. The van der Waals surface area contributed by atoms with Crippen LogP contribution in [0.4, 0.5) is 0 Å². The van der Waals surface area contributed by atoms with Gasteiger partial charge in [-0.05, 0) is 32.0 Å². The van der Waals surface area contributed by atoms with E-state index in [0.29, 0.717) is 11.8 Å². The van der Waals surface area contributed by atoms with Crippen LogP contribution in [0.15, 0.2) is 22.8 Å². The van der Waals surface area contributed by atoms with Gasteiger partial charge in [0, 0.05) is 35.6 Å². The van der Waals surface area contributed by atoms with E-state index in [1.165, 1.54) is 6.42 Å². The minimum Gasteiger partial charge on any atom is -0.383 e. The Balaban J connectivity index is 2.02. The Labute approximate surface area is 116 Å². The van der Waals surface area contributed by atoms with Crippen molar-refractivity contribution >= 4 is 15.9 Å². The molecule has 1 saturated carbocycles. The zero-order valence-corrected chi connectivity index (χ0v) is 12.2. The van der Waals surface area contributed by atoms with Crippen LogP contribution < -0.4 is 0 Å². The van der Waals surface area contributed by atoms with Crippen molar-refractivity contribution in [3.63, 3.8) is 0 Å². The van der Waals surface area contributed by atoms with Crippen LogP contribution in [0, 0.1) is 11.8 Å². The minimum absolute atomic E-state index is 0.316. The molecule has 0 radical (unpaired) electrons. The van der Waals surface area contributed by atoms with E-state index in [1.54, 1.807) is 6.20 Å². The van der Waals surface area contributed by atoms with Crippen molar-refractivity contribution in [1.82, 2.24) is 9.88 Å². The molecule has 2 atom stereocenters. The number of rotatable bonds is 1. The van der Waals surface area contributed by atoms with Crippen molar-refractivity contribution in [3.8, 4) is 0 Å². The quantitative estimate of drug-likeness (QED) is 0.865. The van der Waals surface area contributed by atoms with Crippen molar-refractivity contribution < 1.29 is 5.11 Å². The molecule has 2 heterocycles. The van der Waals surface area contributed by atoms with Crippen LogP contribution in [0.1, 0.15) is 25.0 Å². The predicted molar refractivity (Wildman–Crippen MR) is 74.2 cm³/mol. The van der Waals surface area contributed by atoms with Gasteiger partial charge in [0.2, 0.25) is 0 Å². The summed E-state index contributed by atoms with van der Waals surface area (Å²) in [6, 6.07) is 3.90. The summed E-state index contributed by atoms with van der Waals surface area (Å²) >= 11 is 3.48. The average molecular weight is 311 g/mol. The first-order chi connectivity index (χ1) is 8.60. The van der Waals surface area contributed by atoms with Crippen molar-refractivity contribution in [1.29, 1.82) is 0 Å². The van der Waals surface area contributed by atoms with Crippen LogP contribution in [-0.4, -0.2) is 35.1 Å². The molecule has 1 aromatic heterocycles. The third-order valence-corrected chi connectivity index (χ3v) is 5.04. The summed E-state index contributed by atoms with van der Waals surface area (Å²) in [6.45, 7) is 1.95. The maximum Gasteiger partial charge on any atom is 0.115 e. The van der Waals surface area contributed by atoms with E-state index < -0.39 is 5.60 Å². The maximum atomic E-state index is 11.3. The molecule has 2 bridgehead atoms. The van der Waals surface area contributed by atoms with Crippen molar-refractivity contribution in [2.75, 3.05) is 20.1 Å². The number of hydrogen-bond donors (Lipinski definition) is 1. The number of halogens is 1. The fraction of sp³-hybridized carbons (Fsp3) is 0.643. The maximum absolute atomic E-state index is 11.3. The Morgan fingerprint density at radius 1 is 1.39 bits per heavy atom. The van der Waals surface area contributed by atoms with Crippen LogP contribution >= 0.6 is 15.9 Å². The summed E-state index contributed by atoms with van der Waals surface area (Å²) in [5.41, 5.74) is 0.119. The number of hydrogen-bond acceptors (Lipinski definition) is 3. The third-order valence-electron chi connectivity index (χ3n) is 4.55. The van der Waals surface area contributed by atoms with E-state index in [0.717, 1.165) is 36.1 Å². The van der Waals surface area contributed by atoms with Crippen molar-refractivity contribution in [2.24, 2.45) is 11.8 Å².